The van der Waals surface area contributed by atoms with Crippen LogP contribution >= 0.6 is 10.5 Å². The van der Waals surface area contributed by atoms with Crippen molar-refractivity contribution in [1.82, 2.24) is 0 Å². The van der Waals surface area contributed by atoms with Gasteiger partial charge in [-0.2, -0.15) is 0 Å². The molecule has 48 valence electrons. The van der Waals surface area contributed by atoms with Gasteiger partial charge in [-0.1, -0.05) is 16.4 Å². The maximum atomic E-state index is 10.1. The molecule has 0 saturated heterocycles. The van der Waals surface area contributed by atoms with Crippen LogP contribution in [0.3, 0.4) is 0 Å². The lowest BCUT2D eigenvalue weighted by atomic mass is 10.6. The van der Waals surface area contributed by atoms with Gasteiger partial charge in [0.2, 0.25) is 0 Å². The molecule has 0 radical (unpaired) electrons. The fourth-order valence-corrected chi connectivity index (χ4v) is 1.38. The molecule has 0 aromatic rings. The minimum Gasteiger partial charge on any atom is -0.258 e. The number of nitro groups is 1. The maximum Gasteiger partial charge on any atom is 0.300 e. The zero-order valence-electron chi connectivity index (χ0n) is 4.61. The van der Waals surface area contributed by atoms with Gasteiger partial charge in [0.05, 0.1) is 4.92 Å². The first kappa shape index (κ1) is 6.22. The first-order chi connectivity index (χ1) is 4.22. The summed E-state index contributed by atoms with van der Waals surface area (Å²) in [5.74, 6) is 3.57. The molecule has 9 heavy (non-hydrogen) atoms. The molecular formula is C5H5NO2S. The van der Waals surface area contributed by atoms with Gasteiger partial charge in [0.1, 0.15) is 0 Å². The highest BCUT2D eigenvalue weighted by molar-refractivity contribution is 8.19. The van der Waals surface area contributed by atoms with Crippen LogP contribution in [0.25, 0.3) is 0 Å². The first-order valence-electron chi connectivity index (χ1n) is 2.27. The number of allylic oxidation sites excluding steroid dienone is 2. The van der Waals surface area contributed by atoms with Crippen molar-refractivity contribution < 1.29 is 4.92 Å². The van der Waals surface area contributed by atoms with Crippen molar-refractivity contribution >= 4 is 16.4 Å². The van der Waals surface area contributed by atoms with Gasteiger partial charge in [-0.25, -0.2) is 0 Å². The zero-order valence-corrected chi connectivity index (χ0v) is 5.43. The van der Waals surface area contributed by atoms with Crippen LogP contribution in [0.5, 0.6) is 0 Å². The Balaban J connectivity index is 2.88. The molecule has 0 aromatic carbocycles. The van der Waals surface area contributed by atoms with E-state index in [1.807, 2.05) is 0 Å². The number of rotatable bonds is 1. The van der Waals surface area contributed by atoms with E-state index in [4.69, 9.17) is 0 Å². The maximum absolute atomic E-state index is 10.1. The van der Waals surface area contributed by atoms with E-state index in [0.717, 1.165) is 0 Å². The second-order valence-corrected chi connectivity index (χ2v) is 3.07. The van der Waals surface area contributed by atoms with Crippen LogP contribution in [0.1, 0.15) is 0 Å². The lowest BCUT2D eigenvalue weighted by Gasteiger charge is -1.89. The summed E-state index contributed by atoms with van der Waals surface area (Å²) in [6, 6.07) is 0. The molecule has 0 aromatic heterocycles. The van der Waals surface area contributed by atoms with Gasteiger partial charge < -0.3 is 0 Å². The second kappa shape index (κ2) is 2.14. The van der Waals surface area contributed by atoms with Crippen molar-refractivity contribution in [2.75, 3.05) is 0 Å². The summed E-state index contributed by atoms with van der Waals surface area (Å²) in [4.78, 5) is 9.68. The van der Waals surface area contributed by atoms with E-state index in [0.29, 0.717) is 0 Å². The van der Waals surface area contributed by atoms with Gasteiger partial charge >= 0.3 is 5.03 Å². The summed E-state index contributed by atoms with van der Waals surface area (Å²) in [5.41, 5.74) is 0. The van der Waals surface area contributed by atoms with Crippen LogP contribution in [0.2, 0.25) is 0 Å². The molecule has 0 amide bonds. The highest BCUT2D eigenvalue weighted by Gasteiger charge is 2.13. The number of hydrogen-bond acceptors (Lipinski definition) is 2. The van der Waals surface area contributed by atoms with Crippen molar-refractivity contribution in [3.05, 3.63) is 32.7 Å². The smallest absolute Gasteiger partial charge is 0.258 e. The molecule has 3 nitrogen and oxygen atoms in total. The van der Waals surface area contributed by atoms with Crippen molar-refractivity contribution in [2.24, 2.45) is 0 Å². The Hall–Kier alpha value is -0.900. The van der Waals surface area contributed by atoms with Gasteiger partial charge in [0.15, 0.2) is 0 Å². The monoisotopic (exact) mass is 143 g/mol. The average Bonchev–Trinajstić information content (AvgIpc) is 2.13. The zero-order chi connectivity index (χ0) is 6.85. The van der Waals surface area contributed by atoms with E-state index in [2.05, 4.69) is 5.87 Å². The third-order valence-electron chi connectivity index (χ3n) is 0.930. The molecule has 4 heteroatoms. The summed E-state index contributed by atoms with van der Waals surface area (Å²) in [7, 11) is -0.509. The normalized spacial score (nSPS) is 24.0. The molecular weight excluding hydrogens is 138 g/mol. The first-order valence-corrected chi connectivity index (χ1v) is 3.73. The molecule has 1 heterocycles. The lowest BCUT2D eigenvalue weighted by Crippen LogP contribution is -1.91. The number of nitrogens with zero attached hydrogens (tertiary/aromatic N) is 1. The highest BCUT2D eigenvalue weighted by Crippen LogP contribution is 2.29. The third-order valence-corrected chi connectivity index (χ3v) is 2.24. The topological polar surface area (TPSA) is 43.1 Å². The Morgan fingerprint density at radius 2 is 2.44 bits per heavy atom. The van der Waals surface area contributed by atoms with E-state index in [1.165, 1.54) is 6.08 Å². The van der Waals surface area contributed by atoms with Crippen LogP contribution in [-0.4, -0.2) is 10.8 Å². The Morgan fingerprint density at radius 3 is 2.67 bits per heavy atom. The van der Waals surface area contributed by atoms with E-state index in [-0.39, 0.29) is 5.03 Å². The molecule has 1 unspecified atom stereocenters. The molecule has 1 atom stereocenters. The molecule has 1 rings (SSSR count). The fourth-order valence-electron chi connectivity index (χ4n) is 0.530. The van der Waals surface area contributed by atoms with E-state index < -0.39 is 15.4 Å². The summed E-state index contributed by atoms with van der Waals surface area (Å²) >= 11 is 0. The molecule has 1 aliphatic rings. The lowest BCUT2D eigenvalue weighted by molar-refractivity contribution is -0.410. The van der Waals surface area contributed by atoms with Crippen LogP contribution in [-0.2, 0) is 0 Å². The second-order valence-electron chi connectivity index (χ2n) is 1.52. The summed E-state index contributed by atoms with van der Waals surface area (Å²) in [6.07, 6.45) is 3.14. The molecule has 0 spiro atoms. The van der Waals surface area contributed by atoms with Crippen LogP contribution in [0.15, 0.2) is 22.6 Å². The molecule has 0 fully saturated rings. The summed E-state index contributed by atoms with van der Waals surface area (Å²) < 4.78 is 0. The molecule has 0 bridgehead atoms. The largest absolute Gasteiger partial charge is 0.300 e. The Bertz CT molecular complexity index is 229. The Kier molecular flexibility index (Phi) is 1.48. The van der Waals surface area contributed by atoms with Crippen molar-refractivity contribution in [3.63, 3.8) is 0 Å². The molecule has 1 aliphatic heterocycles. The van der Waals surface area contributed by atoms with E-state index >= 15 is 0 Å². The van der Waals surface area contributed by atoms with Crippen molar-refractivity contribution in [3.8, 4) is 0 Å². The van der Waals surface area contributed by atoms with Crippen LogP contribution in [0.4, 0.5) is 0 Å². The molecule has 0 N–H and O–H groups in total. The summed E-state index contributed by atoms with van der Waals surface area (Å²) in [5, 5.41) is 12.0. The van der Waals surface area contributed by atoms with Crippen molar-refractivity contribution in [2.45, 2.75) is 0 Å². The van der Waals surface area contributed by atoms with Crippen LogP contribution in [0, 0.1) is 10.1 Å². The van der Waals surface area contributed by atoms with Crippen LogP contribution < -0.4 is 0 Å². The predicted octanol–water partition coefficient (Wildman–Crippen LogP) is 1.33. The van der Waals surface area contributed by atoms with E-state index in [1.54, 1.807) is 11.5 Å². The highest BCUT2D eigenvalue weighted by atomic mass is 32.2. The average molecular weight is 143 g/mol. The minimum atomic E-state index is -0.509. The Labute approximate surface area is 54.8 Å². The number of hydrogen-bond donors (Lipinski definition) is 0. The quantitative estimate of drug-likeness (QED) is 0.316. The summed E-state index contributed by atoms with van der Waals surface area (Å²) in [6.45, 7) is 0. The third kappa shape index (κ3) is 1.08. The van der Waals surface area contributed by atoms with Crippen molar-refractivity contribution in [1.29, 1.82) is 0 Å². The molecule has 0 aliphatic carbocycles. The van der Waals surface area contributed by atoms with E-state index in [9.17, 15) is 10.1 Å². The van der Waals surface area contributed by atoms with Gasteiger partial charge in [-0.15, -0.1) is 0 Å². The van der Waals surface area contributed by atoms with Gasteiger partial charge in [0.25, 0.3) is 0 Å². The molecule has 0 saturated carbocycles. The minimum absolute atomic E-state index is 0.204. The fraction of sp³-hybridized carbons (Fsp3) is 0. The van der Waals surface area contributed by atoms with Gasteiger partial charge in [-0.05, 0) is 11.5 Å². The standard InChI is InChI=1S/C5H5NO2S/c1-9-4-2-3-5(9)6(7)8/h2-4H,1H2. The predicted molar refractivity (Wildman–Crippen MR) is 38.9 cm³/mol. The Morgan fingerprint density at radius 1 is 1.78 bits per heavy atom. The van der Waals surface area contributed by atoms with Gasteiger partial charge in [0, 0.05) is 6.08 Å². The van der Waals surface area contributed by atoms with Gasteiger partial charge in [-0.3, -0.25) is 10.1 Å². The SMILES string of the molecule is C=S1C=CC=C1[N+](=O)[O-].